The number of benzene rings is 1. The van der Waals surface area contributed by atoms with Gasteiger partial charge in [0.05, 0.1) is 22.9 Å². The van der Waals surface area contributed by atoms with Gasteiger partial charge in [-0.25, -0.2) is 14.4 Å². The lowest BCUT2D eigenvalue weighted by molar-refractivity contribution is 0.112. The molecule has 94 valence electrons. The van der Waals surface area contributed by atoms with Gasteiger partial charge in [-0.05, 0) is 25.1 Å². The Morgan fingerprint density at radius 1 is 1.37 bits per heavy atom. The van der Waals surface area contributed by atoms with E-state index in [4.69, 9.17) is 16.9 Å². The van der Waals surface area contributed by atoms with E-state index in [2.05, 4.69) is 9.97 Å². The quantitative estimate of drug-likeness (QED) is 0.624. The summed E-state index contributed by atoms with van der Waals surface area (Å²) in [6.07, 6.45) is 0.508. The lowest BCUT2D eigenvalue weighted by atomic mass is 10.0. The number of hydrogen-bond acceptors (Lipinski definition) is 4. The highest BCUT2D eigenvalue weighted by atomic mass is 35.5. The molecule has 0 radical (unpaired) electrons. The van der Waals surface area contributed by atoms with Gasteiger partial charge in [0, 0.05) is 5.56 Å². The highest BCUT2D eigenvalue weighted by Crippen LogP contribution is 2.26. The number of halogens is 2. The van der Waals surface area contributed by atoms with E-state index in [0.29, 0.717) is 17.7 Å². The molecule has 1 aromatic heterocycles. The van der Waals surface area contributed by atoms with Crippen LogP contribution >= 0.6 is 11.6 Å². The fourth-order valence-electron chi connectivity index (χ4n) is 1.66. The Kier molecular flexibility index (Phi) is 3.54. The van der Waals surface area contributed by atoms with Gasteiger partial charge in [-0.15, -0.1) is 0 Å². The Bertz CT molecular complexity index is 710. The Morgan fingerprint density at radius 2 is 2.11 bits per heavy atom. The minimum Gasteiger partial charge on any atom is -0.298 e. The molecule has 0 amide bonds. The first-order valence-corrected chi connectivity index (χ1v) is 5.63. The Morgan fingerprint density at radius 3 is 2.74 bits per heavy atom. The number of aromatic nitrogens is 2. The fraction of sp³-hybridized carbons (Fsp3) is 0.0769. The summed E-state index contributed by atoms with van der Waals surface area (Å²) in [5.74, 6) is -0.230. The van der Waals surface area contributed by atoms with Crippen LogP contribution in [0.1, 0.15) is 21.7 Å². The van der Waals surface area contributed by atoms with Crippen molar-refractivity contribution in [3.63, 3.8) is 0 Å². The summed E-state index contributed by atoms with van der Waals surface area (Å²) >= 11 is 5.86. The molecule has 0 bridgehead atoms. The summed E-state index contributed by atoms with van der Waals surface area (Å²) in [5, 5.41) is 8.82. The molecule has 0 atom stereocenters. The second-order valence-corrected chi connectivity index (χ2v) is 4.14. The molecule has 0 N–H and O–H groups in total. The van der Waals surface area contributed by atoms with Crippen LogP contribution in [0.5, 0.6) is 0 Å². The zero-order valence-corrected chi connectivity index (χ0v) is 10.6. The molecule has 0 aliphatic carbocycles. The van der Waals surface area contributed by atoms with Gasteiger partial charge < -0.3 is 0 Å². The van der Waals surface area contributed by atoms with Gasteiger partial charge in [0.15, 0.2) is 6.29 Å². The van der Waals surface area contributed by atoms with Gasteiger partial charge in [-0.1, -0.05) is 11.6 Å². The smallest absolute Gasteiger partial charge is 0.155 e. The van der Waals surface area contributed by atoms with Crippen LogP contribution in [-0.4, -0.2) is 16.3 Å². The summed E-state index contributed by atoms with van der Waals surface area (Å²) in [6.45, 7) is 1.61. The first-order valence-electron chi connectivity index (χ1n) is 5.25. The van der Waals surface area contributed by atoms with E-state index in [1.807, 2.05) is 6.07 Å². The lowest BCUT2D eigenvalue weighted by Crippen LogP contribution is -2.00. The molecule has 1 aromatic carbocycles. The average molecular weight is 276 g/mol. The van der Waals surface area contributed by atoms with E-state index in [1.165, 1.54) is 12.1 Å². The second-order valence-electron chi connectivity index (χ2n) is 3.78. The predicted molar refractivity (Wildman–Crippen MR) is 67.3 cm³/mol. The SMILES string of the molecule is Cc1nc(Cl)c(C=O)c(-c2cc(F)cc(C#N)c2)n1. The maximum absolute atomic E-state index is 13.4. The van der Waals surface area contributed by atoms with Crippen molar-refractivity contribution in [3.05, 3.63) is 46.1 Å². The van der Waals surface area contributed by atoms with Gasteiger partial charge >= 0.3 is 0 Å². The normalized spacial score (nSPS) is 10.0. The monoisotopic (exact) mass is 275 g/mol. The molecule has 0 aliphatic heterocycles. The molecule has 19 heavy (non-hydrogen) atoms. The number of hydrogen-bond donors (Lipinski definition) is 0. The maximum atomic E-state index is 13.4. The summed E-state index contributed by atoms with van der Waals surface area (Å²) < 4.78 is 13.4. The molecule has 1 heterocycles. The van der Waals surface area contributed by atoms with Crippen LogP contribution in [0.2, 0.25) is 5.15 Å². The van der Waals surface area contributed by atoms with Crippen molar-refractivity contribution in [2.45, 2.75) is 6.92 Å². The molecule has 0 aliphatic rings. The van der Waals surface area contributed by atoms with Crippen molar-refractivity contribution >= 4 is 17.9 Å². The third-order valence-electron chi connectivity index (χ3n) is 2.43. The molecule has 6 heteroatoms. The van der Waals surface area contributed by atoms with E-state index in [1.54, 1.807) is 6.92 Å². The van der Waals surface area contributed by atoms with Gasteiger partial charge in [0.2, 0.25) is 0 Å². The van der Waals surface area contributed by atoms with Gasteiger partial charge in [0.25, 0.3) is 0 Å². The van der Waals surface area contributed by atoms with Crippen molar-refractivity contribution in [1.82, 2.24) is 9.97 Å². The molecule has 0 fully saturated rings. The molecule has 2 aromatic rings. The van der Waals surface area contributed by atoms with Crippen molar-refractivity contribution in [3.8, 4) is 17.3 Å². The van der Waals surface area contributed by atoms with Crippen LogP contribution in [0.4, 0.5) is 4.39 Å². The number of carbonyl (C=O) groups is 1. The average Bonchev–Trinajstić information content (AvgIpc) is 2.37. The molecule has 0 saturated carbocycles. The van der Waals surface area contributed by atoms with E-state index >= 15 is 0 Å². The molecule has 0 saturated heterocycles. The standard InChI is InChI=1S/C13H7ClFN3O/c1-7-17-12(11(6-19)13(14)18-7)9-2-8(5-16)3-10(15)4-9/h2-4,6H,1H3. The predicted octanol–water partition coefficient (Wildman–Crippen LogP) is 2.93. The maximum Gasteiger partial charge on any atom is 0.155 e. The van der Waals surface area contributed by atoms with Gasteiger partial charge in [-0.3, -0.25) is 4.79 Å². The van der Waals surface area contributed by atoms with Gasteiger partial charge in [-0.2, -0.15) is 5.26 Å². The van der Waals surface area contributed by atoms with Crippen LogP contribution in [0.3, 0.4) is 0 Å². The highest BCUT2D eigenvalue weighted by Gasteiger charge is 2.14. The summed E-state index contributed by atoms with van der Waals surface area (Å²) in [6, 6.07) is 5.56. The third-order valence-corrected chi connectivity index (χ3v) is 2.72. The number of nitriles is 1. The Labute approximate surface area is 113 Å². The molecule has 0 unspecified atom stereocenters. The van der Waals surface area contributed by atoms with Crippen LogP contribution in [0.15, 0.2) is 18.2 Å². The van der Waals surface area contributed by atoms with Crippen molar-refractivity contribution < 1.29 is 9.18 Å². The van der Waals surface area contributed by atoms with E-state index in [0.717, 1.165) is 6.07 Å². The fourth-order valence-corrected chi connectivity index (χ4v) is 1.92. The number of nitrogens with zero attached hydrogens (tertiary/aromatic N) is 3. The summed E-state index contributed by atoms with van der Waals surface area (Å²) in [4.78, 5) is 19.0. The Balaban J connectivity index is 2.75. The number of carbonyl (C=O) groups excluding carboxylic acids is 1. The summed E-state index contributed by atoms with van der Waals surface area (Å²) in [7, 11) is 0. The highest BCUT2D eigenvalue weighted by molar-refractivity contribution is 6.32. The van der Waals surface area contributed by atoms with Crippen molar-refractivity contribution in [1.29, 1.82) is 5.26 Å². The minimum absolute atomic E-state index is 0.000249. The molecule has 4 nitrogen and oxygen atoms in total. The van der Waals surface area contributed by atoms with E-state index in [9.17, 15) is 9.18 Å². The van der Waals surface area contributed by atoms with Crippen molar-refractivity contribution in [2.75, 3.05) is 0 Å². The van der Waals surface area contributed by atoms with E-state index in [-0.39, 0.29) is 22.0 Å². The number of aryl methyl sites for hydroxylation is 1. The first-order chi connectivity index (χ1) is 9.05. The van der Waals surface area contributed by atoms with Crippen LogP contribution < -0.4 is 0 Å². The zero-order valence-electron chi connectivity index (χ0n) is 9.82. The number of aldehydes is 1. The zero-order chi connectivity index (χ0) is 14.0. The van der Waals surface area contributed by atoms with Crippen LogP contribution in [0, 0.1) is 24.1 Å². The molecular weight excluding hydrogens is 269 g/mol. The topological polar surface area (TPSA) is 66.6 Å². The molecule has 0 spiro atoms. The third kappa shape index (κ3) is 2.59. The van der Waals surface area contributed by atoms with Crippen molar-refractivity contribution in [2.24, 2.45) is 0 Å². The molecule has 2 rings (SSSR count). The second kappa shape index (κ2) is 5.12. The lowest BCUT2D eigenvalue weighted by Gasteiger charge is -2.07. The van der Waals surface area contributed by atoms with E-state index < -0.39 is 5.82 Å². The number of rotatable bonds is 2. The van der Waals surface area contributed by atoms with Crippen LogP contribution in [-0.2, 0) is 0 Å². The summed E-state index contributed by atoms with van der Waals surface area (Å²) in [5.41, 5.74) is 0.732. The van der Waals surface area contributed by atoms with Gasteiger partial charge in [0.1, 0.15) is 16.8 Å². The Hall–Kier alpha value is -2.32. The molecular formula is C13H7ClFN3O. The first kappa shape index (κ1) is 13.1. The van der Waals surface area contributed by atoms with Crippen LogP contribution in [0.25, 0.3) is 11.3 Å². The minimum atomic E-state index is -0.585. The largest absolute Gasteiger partial charge is 0.298 e.